The van der Waals surface area contributed by atoms with Crippen molar-refractivity contribution in [2.24, 2.45) is 4.99 Å². The zero-order valence-corrected chi connectivity index (χ0v) is 18.5. The molecule has 3 heterocycles. The molecular weight excluding hydrogens is 406 g/mol. The highest BCUT2D eigenvalue weighted by atomic mass is 32.2. The number of carbonyl (C=O) groups is 2. The van der Waals surface area contributed by atoms with Crippen LogP contribution >= 0.6 is 23.1 Å². The highest BCUT2D eigenvalue weighted by molar-refractivity contribution is 8.18. The van der Waals surface area contributed by atoms with Crippen LogP contribution in [0.15, 0.2) is 16.0 Å². The summed E-state index contributed by atoms with van der Waals surface area (Å²) in [7, 11) is 3.39. The van der Waals surface area contributed by atoms with Gasteiger partial charge in [0.1, 0.15) is 5.00 Å². The van der Waals surface area contributed by atoms with E-state index in [-0.39, 0.29) is 5.91 Å². The van der Waals surface area contributed by atoms with Crippen LogP contribution in [0.1, 0.15) is 50.6 Å². The lowest BCUT2D eigenvalue weighted by molar-refractivity contribution is -0.121. The first-order valence-corrected chi connectivity index (χ1v) is 11.2. The van der Waals surface area contributed by atoms with Gasteiger partial charge in [0, 0.05) is 30.4 Å². The molecule has 0 radical (unpaired) electrons. The minimum atomic E-state index is -0.862. The van der Waals surface area contributed by atoms with E-state index >= 15 is 0 Å². The number of thiophene rings is 1. The van der Waals surface area contributed by atoms with Crippen LogP contribution in [0.3, 0.4) is 0 Å². The lowest BCUT2D eigenvalue weighted by atomic mass is 9.95. The van der Waals surface area contributed by atoms with Crippen LogP contribution in [0.2, 0.25) is 0 Å². The summed E-state index contributed by atoms with van der Waals surface area (Å²) in [5, 5.41) is 11.4. The number of thioether (sulfide) groups is 1. The summed E-state index contributed by atoms with van der Waals surface area (Å²) in [6.07, 6.45) is 5.82. The second-order valence-electron chi connectivity index (χ2n) is 7.34. The predicted octanol–water partition coefficient (Wildman–Crippen LogP) is 4.26. The second kappa shape index (κ2) is 7.50. The number of carboxylic acids is 1. The van der Waals surface area contributed by atoms with Crippen molar-refractivity contribution in [2.75, 3.05) is 14.1 Å². The molecule has 4 rings (SSSR count). The fourth-order valence-corrected chi connectivity index (χ4v) is 6.48. The Morgan fingerprint density at radius 2 is 2.00 bits per heavy atom. The molecule has 1 aliphatic carbocycles. The van der Waals surface area contributed by atoms with Gasteiger partial charge in [-0.05, 0) is 74.6 Å². The minimum absolute atomic E-state index is 0.0711. The smallest absolute Gasteiger partial charge is 0.339 e. The molecule has 0 atom stereocenters. The molecule has 2 aromatic rings. The van der Waals surface area contributed by atoms with Crippen molar-refractivity contribution in [3.05, 3.63) is 43.9 Å². The van der Waals surface area contributed by atoms with Crippen molar-refractivity contribution in [1.82, 2.24) is 9.47 Å². The summed E-state index contributed by atoms with van der Waals surface area (Å²) < 4.78 is 2.03. The summed E-state index contributed by atoms with van der Waals surface area (Å²) in [6, 6.07) is 2.02. The number of amidine groups is 1. The zero-order valence-electron chi connectivity index (χ0n) is 16.9. The van der Waals surface area contributed by atoms with Gasteiger partial charge in [0.15, 0.2) is 5.17 Å². The molecule has 29 heavy (non-hydrogen) atoms. The maximum atomic E-state index is 12.5. The molecule has 0 spiro atoms. The fraction of sp³-hybridized carbons (Fsp3) is 0.381. The number of rotatable bonds is 3. The Labute approximate surface area is 177 Å². The van der Waals surface area contributed by atoms with Crippen molar-refractivity contribution in [1.29, 1.82) is 0 Å². The van der Waals surface area contributed by atoms with Crippen LogP contribution in [-0.2, 0) is 17.6 Å². The van der Waals surface area contributed by atoms with Gasteiger partial charge in [-0.2, -0.15) is 0 Å². The first-order chi connectivity index (χ1) is 13.8. The number of aryl methyl sites for hydroxylation is 2. The Bertz CT molecular complexity index is 1090. The average Bonchev–Trinajstić information content (AvgIpc) is 3.29. The summed E-state index contributed by atoms with van der Waals surface area (Å²) in [5.74, 6) is -0.933. The molecule has 0 unspecified atom stereocenters. The maximum Gasteiger partial charge on any atom is 0.339 e. The van der Waals surface area contributed by atoms with Crippen LogP contribution in [0.25, 0.3) is 11.1 Å². The van der Waals surface area contributed by atoms with Crippen LogP contribution < -0.4 is 0 Å². The van der Waals surface area contributed by atoms with Gasteiger partial charge >= 0.3 is 5.97 Å². The van der Waals surface area contributed by atoms with E-state index in [0.29, 0.717) is 15.6 Å². The van der Waals surface area contributed by atoms with Crippen molar-refractivity contribution in [3.8, 4) is 5.00 Å². The third-order valence-electron chi connectivity index (χ3n) is 5.52. The summed E-state index contributed by atoms with van der Waals surface area (Å²) >= 11 is 2.95. The van der Waals surface area contributed by atoms with E-state index in [1.165, 1.54) is 16.6 Å². The van der Waals surface area contributed by atoms with E-state index in [4.69, 9.17) is 0 Å². The molecule has 8 heteroatoms. The average molecular weight is 430 g/mol. The van der Waals surface area contributed by atoms with Gasteiger partial charge in [-0.1, -0.05) is 0 Å². The van der Waals surface area contributed by atoms with Gasteiger partial charge < -0.3 is 9.67 Å². The number of hydrogen-bond acceptors (Lipinski definition) is 5. The Kier molecular flexibility index (Phi) is 5.16. The van der Waals surface area contributed by atoms with Crippen molar-refractivity contribution in [3.63, 3.8) is 0 Å². The van der Waals surface area contributed by atoms with E-state index in [1.807, 2.05) is 30.6 Å². The first kappa shape index (κ1) is 20.0. The van der Waals surface area contributed by atoms with Gasteiger partial charge in [0.05, 0.1) is 10.5 Å². The van der Waals surface area contributed by atoms with E-state index in [2.05, 4.69) is 4.99 Å². The molecule has 2 aliphatic rings. The molecule has 2 aromatic heterocycles. The number of hydrogen-bond donors (Lipinski definition) is 1. The van der Waals surface area contributed by atoms with Crippen LogP contribution in [0.5, 0.6) is 0 Å². The summed E-state index contributed by atoms with van der Waals surface area (Å²) in [6.45, 7) is 3.96. The van der Waals surface area contributed by atoms with E-state index in [1.54, 1.807) is 30.3 Å². The lowest BCUT2D eigenvalue weighted by Crippen LogP contribution is -2.23. The molecule has 6 nitrogen and oxygen atoms in total. The predicted molar refractivity (Wildman–Crippen MR) is 118 cm³/mol. The molecule has 1 saturated heterocycles. The van der Waals surface area contributed by atoms with Crippen molar-refractivity contribution < 1.29 is 14.7 Å². The van der Waals surface area contributed by atoms with Gasteiger partial charge in [-0.3, -0.25) is 14.7 Å². The second-order valence-corrected chi connectivity index (χ2v) is 9.43. The quantitative estimate of drug-likeness (QED) is 0.740. The number of carbonyl (C=O) groups excluding carboxylic acids is 1. The molecule has 0 aromatic carbocycles. The van der Waals surface area contributed by atoms with Gasteiger partial charge in [-0.25, -0.2) is 4.79 Å². The Balaban J connectivity index is 1.82. The monoisotopic (exact) mass is 429 g/mol. The Hall–Kier alpha value is -2.32. The topological polar surface area (TPSA) is 74.9 Å². The number of fused-ring (bicyclic) bond motifs is 1. The molecule has 1 aliphatic heterocycles. The number of carboxylic acid groups (broad SMARTS) is 1. The highest BCUT2D eigenvalue weighted by Crippen LogP contribution is 2.39. The van der Waals surface area contributed by atoms with E-state index < -0.39 is 5.97 Å². The highest BCUT2D eigenvalue weighted by Gasteiger charge is 2.31. The van der Waals surface area contributed by atoms with Crippen LogP contribution in [0.4, 0.5) is 0 Å². The van der Waals surface area contributed by atoms with Gasteiger partial charge in [0.2, 0.25) is 0 Å². The molecule has 1 fully saturated rings. The standard InChI is InChI=1S/C21H23N3O3S2/c1-11-9-13(10-16-18(25)23(4)21(22-3)29-16)12(2)24(11)19-17(20(26)27)14-7-5-6-8-15(14)28-19/h9-10H,5-8H2,1-4H3,(H,26,27). The van der Waals surface area contributed by atoms with E-state index in [0.717, 1.165) is 53.2 Å². The number of amides is 1. The SMILES string of the molecule is CN=C1SC(=Cc2cc(C)n(-c3sc4c(c3C(=O)O)CCCC4)c2C)C(=O)N1C. The third kappa shape index (κ3) is 3.24. The largest absolute Gasteiger partial charge is 0.478 e. The summed E-state index contributed by atoms with van der Waals surface area (Å²) in [4.78, 5) is 32.1. The minimum Gasteiger partial charge on any atom is -0.478 e. The molecule has 1 amide bonds. The number of nitrogens with zero attached hydrogens (tertiary/aromatic N) is 3. The maximum absolute atomic E-state index is 12.5. The zero-order chi connectivity index (χ0) is 20.9. The first-order valence-electron chi connectivity index (χ1n) is 9.55. The van der Waals surface area contributed by atoms with Crippen molar-refractivity contribution in [2.45, 2.75) is 39.5 Å². The molecule has 0 bridgehead atoms. The van der Waals surface area contributed by atoms with Gasteiger partial charge in [-0.15, -0.1) is 11.3 Å². The molecule has 0 saturated carbocycles. The number of likely N-dealkylation sites (N-methyl/N-ethyl adjacent to an activating group) is 1. The number of aromatic carboxylic acids is 1. The van der Waals surface area contributed by atoms with E-state index in [9.17, 15) is 14.7 Å². The van der Waals surface area contributed by atoms with Crippen molar-refractivity contribution >= 4 is 46.2 Å². The normalized spacial score (nSPS) is 19.4. The summed E-state index contributed by atoms with van der Waals surface area (Å²) in [5.41, 5.74) is 4.27. The molecular formula is C21H23N3O3S2. The lowest BCUT2D eigenvalue weighted by Gasteiger charge is -2.11. The Morgan fingerprint density at radius 1 is 1.28 bits per heavy atom. The number of aliphatic imine (C=N–C) groups is 1. The molecule has 152 valence electrons. The Morgan fingerprint density at radius 3 is 2.66 bits per heavy atom. The fourth-order valence-electron chi connectivity index (χ4n) is 4.07. The van der Waals surface area contributed by atoms with Gasteiger partial charge in [0.25, 0.3) is 5.91 Å². The number of aromatic nitrogens is 1. The van der Waals surface area contributed by atoms with Crippen LogP contribution in [0, 0.1) is 13.8 Å². The molecule has 1 N–H and O–H groups in total. The van der Waals surface area contributed by atoms with Crippen LogP contribution in [-0.4, -0.2) is 45.7 Å². The third-order valence-corrected chi connectivity index (χ3v) is 7.95.